The number of carbonyl (C=O) groups excluding carboxylic acids is 1. The van der Waals surface area contributed by atoms with Gasteiger partial charge in [-0.25, -0.2) is 4.98 Å². The van der Waals surface area contributed by atoms with Crippen LogP contribution in [-0.2, 0) is 6.42 Å². The van der Waals surface area contributed by atoms with Crippen LogP contribution in [0.1, 0.15) is 21.5 Å². The number of rotatable bonds is 2. The predicted octanol–water partition coefficient (Wildman–Crippen LogP) is 3.97. The Morgan fingerprint density at radius 3 is 2.65 bits per heavy atom. The van der Waals surface area contributed by atoms with E-state index in [1.807, 2.05) is 36.4 Å². The molecule has 2 aromatic carbocycles. The number of aromatic nitrogens is 2. The Morgan fingerprint density at radius 2 is 1.85 bits per heavy atom. The molecule has 0 bridgehead atoms. The van der Waals surface area contributed by atoms with Crippen molar-refractivity contribution in [1.82, 2.24) is 9.97 Å². The van der Waals surface area contributed by atoms with Gasteiger partial charge < -0.3 is 5.73 Å². The summed E-state index contributed by atoms with van der Waals surface area (Å²) < 4.78 is 0. The van der Waals surface area contributed by atoms with Crippen LogP contribution in [0.25, 0.3) is 33.4 Å². The van der Waals surface area contributed by atoms with Gasteiger partial charge in [-0.3, -0.25) is 9.78 Å². The van der Waals surface area contributed by atoms with E-state index in [9.17, 15) is 4.79 Å². The van der Waals surface area contributed by atoms with Crippen LogP contribution >= 0.6 is 0 Å². The monoisotopic (exact) mass is 337 g/mol. The molecule has 4 aromatic rings. The summed E-state index contributed by atoms with van der Waals surface area (Å²) in [6, 6.07) is 19.7. The molecule has 0 unspecified atom stereocenters. The van der Waals surface area contributed by atoms with Gasteiger partial charge in [-0.2, -0.15) is 0 Å². The summed E-state index contributed by atoms with van der Waals surface area (Å²) in [4.78, 5) is 21.1. The summed E-state index contributed by atoms with van der Waals surface area (Å²) in [5.41, 5.74) is 13.3. The first-order chi connectivity index (χ1) is 12.7. The van der Waals surface area contributed by atoms with E-state index in [0.29, 0.717) is 5.56 Å². The Bertz CT molecular complexity index is 1180. The van der Waals surface area contributed by atoms with Crippen LogP contribution in [-0.4, -0.2) is 15.9 Å². The number of hydrogen-bond acceptors (Lipinski definition) is 3. The Hall–Kier alpha value is -3.53. The van der Waals surface area contributed by atoms with Gasteiger partial charge in [-0.1, -0.05) is 30.3 Å². The van der Waals surface area contributed by atoms with Crippen LogP contribution < -0.4 is 5.73 Å². The molecule has 0 spiro atoms. The van der Waals surface area contributed by atoms with Gasteiger partial charge in [0.1, 0.15) is 0 Å². The number of nitrogens with two attached hydrogens (primary N) is 1. The molecule has 2 heterocycles. The smallest absolute Gasteiger partial charge is 0.248 e. The summed E-state index contributed by atoms with van der Waals surface area (Å²) >= 11 is 0. The third-order valence-electron chi connectivity index (χ3n) is 4.93. The van der Waals surface area contributed by atoms with Gasteiger partial charge in [-0.05, 0) is 52.6 Å². The van der Waals surface area contributed by atoms with Gasteiger partial charge in [0.15, 0.2) is 0 Å². The highest BCUT2D eigenvalue weighted by Crippen LogP contribution is 2.44. The molecule has 1 aliphatic carbocycles. The lowest BCUT2D eigenvalue weighted by Gasteiger charge is -2.12. The number of carbonyl (C=O) groups is 1. The number of fused-ring (bicyclic) bond motifs is 5. The van der Waals surface area contributed by atoms with Gasteiger partial charge in [0.25, 0.3) is 0 Å². The van der Waals surface area contributed by atoms with Crippen molar-refractivity contribution in [3.8, 4) is 22.5 Å². The molecule has 0 saturated heterocycles. The van der Waals surface area contributed by atoms with Crippen molar-refractivity contribution in [2.45, 2.75) is 6.42 Å². The fourth-order valence-corrected chi connectivity index (χ4v) is 3.76. The first-order valence-electron chi connectivity index (χ1n) is 8.48. The highest BCUT2D eigenvalue weighted by molar-refractivity contribution is 6.05. The van der Waals surface area contributed by atoms with E-state index < -0.39 is 5.91 Å². The molecule has 0 atom stereocenters. The molecule has 0 radical (unpaired) electrons. The van der Waals surface area contributed by atoms with Gasteiger partial charge in [0.05, 0.1) is 16.9 Å². The minimum absolute atomic E-state index is 0.430. The molecule has 1 amide bonds. The zero-order valence-electron chi connectivity index (χ0n) is 13.9. The number of benzene rings is 2. The van der Waals surface area contributed by atoms with Crippen molar-refractivity contribution in [2.24, 2.45) is 5.73 Å². The lowest BCUT2D eigenvalue weighted by Crippen LogP contribution is -2.10. The van der Waals surface area contributed by atoms with Gasteiger partial charge in [0, 0.05) is 23.6 Å². The molecular weight excluding hydrogens is 322 g/mol. The number of hydrogen-bond donors (Lipinski definition) is 1. The molecule has 26 heavy (non-hydrogen) atoms. The van der Waals surface area contributed by atoms with Crippen LogP contribution in [0.4, 0.5) is 0 Å². The molecule has 1 aliphatic rings. The van der Waals surface area contributed by atoms with Crippen molar-refractivity contribution >= 4 is 16.8 Å². The van der Waals surface area contributed by atoms with Crippen molar-refractivity contribution in [3.05, 3.63) is 83.6 Å². The fraction of sp³-hybridized carbons (Fsp3) is 0.0455. The highest BCUT2D eigenvalue weighted by atomic mass is 16.1. The largest absolute Gasteiger partial charge is 0.366 e. The number of amides is 1. The first kappa shape index (κ1) is 14.8. The standard InChI is InChI=1S/C22H15N3O/c23-22(26)14-8-9-18-16(12-14)20-15-6-2-1-5-13(15)11-17(20)21(25-18)19-7-3-4-10-24-19/h1-10,12H,11H2,(H2,23,26). The average molecular weight is 337 g/mol. The van der Waals surface area contributed by atoms with E-state index in [1.165, 1.54) is 11.1 Å². The minimum atomic E-state index is -0.430. The quantitative estimate of drug-likeness (QED) is 0.530. The van der Waals surface area contributed by atoms with E-state index in [2.05, 4.69) is 23.2 Å². The zero-order chi connectivity index (χ0) is 17.7. The Kier molecular flexibility index (Phi) is 3.12. The maximum atomic E-state index is 11.7. The number of pyridine rings is 2. The van der Waals surface area contributed by atoms with Crippen molar-refractivity contribution in [2.75, 3.05) is 0 Å². The molecule has 5 rings (SSSR count). The lowest BCUT2D eigenvalue weighted by molar-refractivity contribution is 0.100. The van der Waals surface area contributed by atoms with Crippen LogP contribution in [0.5, 0.6) is 0 Å². The normalized spacial score (nSPS) is 12.0. The van der Waals surface area contributed by atoms with Crippen LogP contribution in [0.2, 0.25) is 0 Å². The fourth-order valence-electron chi connectivity index (χ4n) is 3.76. The predicted molar refractivity (Wildman–Crippen MR) is 102 cm³/mol. The molecule has 4 nitrogen and oxygen atoms in total. The van der Waals surface area contributed by atoms with E-state index in [-0.39, 0.29) is 0 Å². The van der Waals surface area contributed by atoms with Gasteiger partial charge in [0.2, 0.25) is 5.91 Å². The summed E-state index contributed by atoms with van der Waals surface area (Å²) in [6.45, 7) is 0. The number of nitrogens with zero attached hydrogens (tertiary/aromatic N) is 2. The Morgan fingerprint density at radius 1 is 1.00 bits per heavy atom. The van der Waals surface area contributed by atoms with E-state index in [4.69, 9.17) is 10.7 Å². The summed E-state index contributed by atoms with van der Waals surface area (Å²) in [6.07, 6.45) is 2.59. The maximum Gasteiger partial charge on any atom is 0.248 e. The van der Waals surface area contributed by atoms with Crippen LogP contribution in [0, 0.1) is 0 Å². The van der Waals surface area contributed by atoms with Crippen molar-refractivity contribution < 1.29 is 4.79 Å². The molecule has 2 N–H and O–H groups in total. The van der Waals surface area contributed by atoms with Crippen LogP contribution in [0.15, 0.2) is 66.9 Å². The average Bonchev–Trinajstić information content (AvgIpc) is 3.07. The Balaban J connectivity index is 1.90. The molecule has 2 aromatic heterocycles. The van der Waals surface area contributed by atoms with Gasteiger partial charge in [-0.15, -0.1) is 0 Å². The first-order valence-corrected chi connectivity index (χ1v) is 8.48. The van der Waals surface area contributed by atoms with E-state index in [1.54, 1.807) is 12.3 Å². The van der Waals surface area contributed by atoms with E-state index in [0.717, 1.165) is 39.8 Å². The molecular formula is C22H15N3O. The summed E-state index contributed by atoms with van der Waals surface area (Å²) in [5.74, 6) is -0.430. The molecule has 4 heteroatoms. The third-order valence-corrected chi connectivity index (χ3v) is 4.93. The van der Waals surface area contributed by atoms with Crippen molar-refractivity contribution in [1.29, 1.82) is 0 Å². The maximum absolute atomic E-state index is 11.7. The topological polar surface area (TPSA) is 68.9 Å². The highest BCUT2D eigenvalue weighted by Gasteiger charge is 2.26. The lowest BCUT2D eigenvalue weighted by atomic mass is 9.97. The minimum Gasteiger partial charge on any atom is -0.366 e. The zero-order valence-corrected chi connectivity index (χ0v) is 13.9. The second kappa shape index (κ2) is 5.49. The second-order valence-electron chi connectivity index (χ2n) is 6.46. The molecule has 0 fully saturated rings. The summed E-state index contributed by atoms with van der Waals surface area (Å²) in [7, 11) is 0. The Labute approximate surface area is 150 Å². The van der Waals surface area contributed by atoms with Crippen molar-refractivity contribution in [3.63, 3.8) is 0 Å². The second-order valence-corrected chi connectivity index (χ2v) is 6.46. The molecule has 0 aliphatic heterocycles. The van der Waals surface area contributed by atoms with Crippen LogP contribution in [0.3, 0.4) is 0 Å². The molecule has 124 valence electrons. The summed E-state index contributed by atoms with van der Waals surface area (Å²) in [5, 5.41) is 0.959. The van der Waals surface area contributed by atoms with E-state index >= 15 is 0 Å². The molecule has 0 saturated carbocycles. The van der Waals surface area contributed by atoms with Gasteiger partial charge >= 0.3 is 0 Å². The SMILES string of the molecule is NC(=O)c1ccc2nc(-c3ccccn3)c3c(c2c1)-c1ccccc1C3. The number of primary amides is 1. The third kappa shape index (κ3) is 2.12.